The highest BCUT2D eigenvalue weighted by Crippen LogP contribution is 2.02. The van der Waals surface area contributed by atoms with E-state index < -0.39 is 0 Å². The van der Waals surface area contributed by atoms with Gasteiger partial charge in [-0.15, -0.1) is 5.10 Å². The number of nitrogens with zero attached hydrogens (tertiary/aromatic N) is 4. The van der Waals surface area contributed by atoms with Gasteiger partial charge in [0.05, 0.1) is 18.6 Å². The third-order valence-corrected chi connectivity index (χ3v) is 2.24. The lowest BCUT2D eigenvalue weighted by Crippen LogP contribution is -2.21. The minimum absolute atomic E-state index is 0.107. The SMILES string of the molecule is Cc1cc(=O)n(Cc2ccc(Cl)nn2)cn1. The largest absolute Gasteiger partial charge is 0.293 e. The average molecular weight is 237 g/mol. The van der Waals surface area contributed by atoms with E-state index in [0.29, 0.717) is 23.1 Å². The second-order valence-electron chi connectivity index (χ2n) is 3.34. The van der Waals surface area contributed by atoms with Crippen LogP contribution in [0, 0.1) is 6.92 Å². The molecule has 0 saturated heterocycles. The molecule has 2 heterocycles. The van der Waals surface area contributed by atoms with Gasteiger partial charge in [-0.05, 0) is 19.1 Å². The summed E-state index contributed by atoms with van der Waals surface area (Å²) in [5, 5.41) is 7.90. The number of aryl methyl sites for hydroxylation is 1. The van der Waals surface area contributed by atoms with Crippen molar-refractivity contribution in [3.63, 3.8) is 0 Å². The fraction of sp³-hybridized carbons (Fsp3) is 0.200. The van der Waals surface area contributed by atoms with Crippen molar-refractivity contribution in [1.82, 2.24) is 19.7 Å². The molecule has 82 valence electrons. The molecule has 0 bridgehead atoms. The lowest BCUT2D eigenvalue weighted by molar-refractivity contribution is 0.701. The quantitative estimate of drug-likeness (QED) is 0.782. The molecule has 16 heavy (non-hydrogen) atoms. The van der Waals surface area contributed by atoms with Gasteiger partial charge in [0.2, 0.25) is 0 Å². The number of halogens is 1. The topological polar surface area (TPSA) is 60.7 Å². The molecule has 0 amide bonds. The van der Waals surface area contributed by atoms with Crippen molar-refractivity contribution in [1.29, 1.82) is 0 Å². The van der Waals surface area contributed by atoms with Gasteiger partial charge in [0.25, 0.3) is 5.56 Å². The summed E-state index contributed by atoms with van der Waals surface area (Å²) in [6, 6.07) is 4.83. The van der Waals surface area contributed by atoms with Crippen LogP contribution in [0.15, 0.2) is 29.3 Å². The van der Waals surface area contributed by atoms with Crippen LogP contribution in [-0.4, -0.2) is 19.7 Å². The summed E-state index contributed by atoms with van der Waals surface area (Å²) < 4.78 is 1.46. The Kier molecular flexibility index (Phi) is 2.96. The molecule has 2 aromatic heterocycles. The Labute approximate surface area is 96.7 Å². The highest BCUT2D eigenvalue weighted by molar-refractivity contribution is 6.29. The van der Waals surface area contributed by atoms with Crippen LogP contribution in [-0.2, 0) is 6.54 Å². The number of aromatic nitrogens is 4. The van der Waals surface area contributed by atoms with Crippen LogP contribution in [0.5, 0.6) is 0 Å². The van der Waals surface area contributed by atoms with Gasteiger partial charge in [-0.1, -0.05) is 11.6 Å². The molecule has 0 unspecified atom stereocenters. The Morgan fingerprint density at radius 2 is 2.19 bits per heavy atom. The van der Waals surface area contributed by atoms with Gasteiger partial charge < -0.3 is 0 Å². The Morgan fingerprint density at radius 3 is 2.81 bits per heavy atom. The van der Waals surface area contributed by atoms with Crippen molar-refractivity contribution in [3.05, 3.63) is 51.4 Å². The second kappa shape index (κ2) is 4.40. The van der Waals surface area contributed by atoms with Crippen molar-refractivity contribution in [3.8, 4) is 0 Å². The molecule has 6 heteroatoms. The van der Waals surface area contributed by atoms with E-state index in [2.05, 4.69) is 15.2 Å². The smallest absolute Gasteiger partial charge is 0.253 e. The Balaban J connectivity index is 2.27. The summed E-state index contributed by atoms with van der Waals surface area (Å²) in [5.74, 6) is 0. The van der Waals surface area contributed by atoms with E-state index >= 15 is 0 Å². The summed E-state index contributed by atoms with van der Waals surface area (Å²) in [7, 11) is 0. The van der Waals surface area contributed by atoms with Crippen LogP contribution < -0.4 is 5.56 Å². The molecule has 0 fully saturated rings. The third kappa shape index (κ3) is 2.43. The van der Waals surface area contributed by atoms with Crippen LogP contribution in [0.25, 0.3) is 0 Å². The Bertz CT molecular complexity index is 549. The standard InChI is InChI=1S/C10H9ClN4O/c1-7-4-10(16)15(6-12-7)5-8-2-3-9(11)14-13-8/h2-4,6H,5H2,1H3. The molecule has 0 radical (unpaired) electrons. The lowest BCUT2D eigenvalue weighted by Gasteiger charge is -2.03. The minimum atomic E-state index is -0.107. The van der Waals surface area contributed by atoms with Crippen molar-refractivity contribution in [2.24, 2.45) is 0 Å². The second-order valence-corrected chi connectivity index (χ2v) is 3.73. The predicted molar refractivity (Wildman–Crippen MR) is 59.4 cm³/mol. The van der Waals surface area contributed by atoms with Crippen LogP contribution in [0.4, 0.5) is 0 Å². The maximum absolute atomic E-state index is 11.6. The van der Waals surface area contributed by atoms with E-state index in [-0.39, 0.29) is 5.56 Å². The van der Waals surface area contributed by atoms with Gasteiger partial charge in [-0.2, -0.15) is 5.10 Å². The summed E-state index contributed by atoms with van der Waals surface area (Å²) in [6.07, 6.45) is 1.49. The van der Waals surface area contributed by atoms with Crippen LogP contribution in [0.1, 0.15) is 11.4 Å². The maximum Gasteiger partial charge on any atom is 0.253 e. The highest BCUT2D eigenvalue weighted by Gasteiger charge is 2.00. The monoisotopic (exact) mass is 236 g/mol. The zero-order chi connectivity index (χ0) is 11.5. The number of hydrogen-bond acceptors (Lipinski definition) is 4. The van der Waals surface area contributed by atoms with E-state index in [4.69, 9.17) is 11.6 Å². The normalized spacial score (nSPS) is 10.4. The fourth-order valence-corrected chi connectivity index (χ4v) is 1.34. The fourth-order valence-electron chi connectivity index (χ4n) is 1.24. The van der Waals surface area contributed by atoms with Gasteiger partial charge in [0, 0.05) is 11.8 Å². The zero-order valence-corrected chi connectivity index (χ0v) is 9.35. The highest BCUT2D eigenvalue weighted by atomic mass is 35.5. The molecule has 0 spiro atoms. The van der Waals surface area contributed by atoms with E-state index in [9.17, 15) is 4.79 Å². The molecule has 0 saturated carbocycles. The molecular formula is C10H9ClN4O. The van der Waals surface area contributed by atoms with Gasteiger partial charge >= 0.3 is 0 Å². The molecule has 0 atom stereocenters. The predicted octanol–water partition coefficient (Wildman–Crippen LogP) is 1.04. The minimum Gasteiger partial charge on any atom is -0.293 e. The molecule has 0 aromatic carbocycles. The maximum atomic E-state index is 11.6. The van der Waals surface area contributed by atoms with Crippen LogP contribution in [0.3, 0.4) is 0 Å². The van der Waals surface area contributed by atoms with Gasteiger partial charge in [0.1, 0.15) is 0 Å². The number of hydrogen-bond donors (Lipinski definition) is 0. The molecule has 5 nitrogen and oxygen atoms in total. The average Bonchev–Trinajstić information content (AvgIpc) is 2.25. The van der Waals surface area contributed by atoms with Crippen molar-refractivity contribution in [2.75, 3.05) is 0 Å². The first-order valence-electron chi connectivity index (χ1n) is 4.66. The molecular weight excluding hydrogens is 228 g/mol. The summed E-state index contributed by atoms with van der Waals surface area (Å²) in [6.45, 7) is 2.12. The van der Waals surface area contributed by atoms with E-state index in [1.54, 1.807) is 19.1 Å². The Hall–Kier alpha value is -1.75. The van der Waals surface area contributed by atoms with Crippen LogP contribution >= 0.6 is 11.6 Å². The van der Waals surface area contributed by atoms with E-state index in [1.807, 2.05) is 0 Å². The first-order valence-corrected chi connectivity index (χ1v) is 5.04. The molecule has 0 aliphatic heterocycles. The molecule has 0 aliphatic carbocycles. The van der Waals surface area contributed by atoms with Gasteiger partial charge in [-0.3, -0.25) is 9.36 Å². The first-order chi connectivity index (χ1) is 7.65. The molecule has 2 rings (SSSR count). The molecule has 0 N–H and O–H groups in total. The number of rotatable bonds is 2. The van der Waals surface area contributed by atoms with E-state index in [0.717, 1.165) is 0 Å². The summed E-state index contributed by atoms with van der Waals surface area (Å²) in [4.78, 5) is 15.6. The lowest BCUT2D eigenvalue weighted by atomic mass is 10.4. The first kappa shape index (κ1) is 10.8. The van der Waals surface area contributed by atoms with Crippen molar-refractivity contribution >= 4 is 11.6 Å². The van der Waals surface area contributed by atoms with Gasteiger partial charge in [-0.25, -0.2) is 4.98 Å². The van der Waals surface area contributed by atoms with Crippen molar-refractivity contribution in [2.45, 2.75) is 13.5 Å². The summed E-state index contributed by atoms with van der Waals surface area (Å²) in [5.41, 5.74) is 1.25. The summed E-state index contributed by atoms with van der Waals surface area (Å²) >= 11 is 5.61. The van der Waals surface area contributed by atoms with E-state index in [1.165, 1.54) is 17.0 Å². The van der Waals surface area contributed by atoms with Crippen molar-refractivity contribution < 1.29 is 0 Å². The third-order valence-electron chi connectivity index (χ3n) is 2.04. The molecule has 0 aliphatic rings. The molecule has 2 aromatic rings. The Morgan fingerprint density at radius 1 is 1.38 bits per heavy atom. The van der Waals surface area contributed by atoms with Gasteiger partial charge in [0.15, 0.2) is 5.15 Å². The zero-order valence-electron chi connectivity index (χ0n) is 8.59. The van der Waals surface area contributed by atoms with Crippen LogP contribution in [0.2, 0.25) is 5.15 Å².